The van der Waals surface area contributed by atoms with E-state index in [1.165, 1.54) is 30.5 Å². The first kappa shape index (κ1) is 25.7. The van der Waals surface area contributed by atoms with Crippen LogP contribution in [0, 0.1) is 17.3 Å². The van der Waals surface area contributed by atoms with Gasteiger partial charge in [-0.3, -0.25) is 9.69 Å². The number of aromatic hydroxyl groups is 1. The monoisotopic (exact) mass is 470 g/mol. The van der Waals surface area contributed by atoms with E-state index in [9.17, 15) is 9.90 Å². The molecule has 2 fully saturated rings. The van der Waals surface area contributed by atoms with Crippen molar-refractivity contribution in [1.29, 1.82) is 0 Å². The fourth-order valence-electron chi connectivity index (χ4n) is 6.09. The highest BCUT2D eigenvalue weighted by molar-refractivity contribution is 5.86. The van der Waals surface area contributed by atoms with Gasteiger partial charge in [0.1, 0.15) is 5.75 Å². The third-order valence-corrected chi connectivity index (χ3v) is 8.88. The van der Waals surface area contributed by atoms with E-state index in [1.807, 2.05) is 46.8 Å². The zero-order valence-corrected chi connectivity index (χ0v) is 22.4. The van der Waals surface area contributed by atoms with E-state index in [4.69, 9.17) is 4.74 Å². The van der Waals surface area contributed by atoms with E-state index in [1.54, 1.807) is 0 Å². The van der Waals surface area contributed by atoms with E-state index in [-0.39, 0.29) is 22.8 Å². The molecule has 4 rings (SSSR count). The molecule has 3 aliphatic rings. The van der Waals surface area contributed by atoms with Crippen LogP contribution in [-0.4, -0.2) is 53.7 Å². The summed E-state index contributed by atoms with van der Waals surface area (Å²) >= 11 is 0. The predicted octanol–water partition coefficient (Wildman–Crippen LogP) is 5.22. The van der Waals surface area contributed by atoms with Gasteiger partial charge in [-0.15, -0.1) is 0 Å². The first-order chi connectivity index (χ1) is 15.8. The van der Waals surface area contributed by atoms with Crippen LogP contribution in [0.5, 0.6) is 5.75 Å². The zero-order valence-electron chi connectivity index (χ0n) is 22.4. The van der Waals surface area contributed by atoms with Gasteiger partial charge in [-0.2, -0.15) is 0 Å². The van der Waals surface area contributed by atoms with Crippen LogP contribution >= 0.6 is 0 Å². The van der Waals surface area contributed by atoms with E-state index in [2.05, 4.69) is 30.1 Å². The summed E-state index contributed by atoms with van der Waals surface area (Å²) in [6.07, 6.45) is 4.52. The number of ether oxygens (including phenoxy) is 1. The van der Waals surface area contributed by atoms with Crippen molar-refractivity contribution in [2.45, 2.75) is 97.2 Å². The van der Waals surface area contributed by atoms with E-state index in [0.717, 1.165) is 18.9 Å². The van der Waals surface area contributed by atoms with Gasteiger partial charge in [0.15, 0.2) is 5.78 Å². The summed E-state index contributed by atoms with van der Waals surface area (Å²) in [6, 6.07) is 6.32. The van der Waals surface area contributed by atoms with Gasteiger partial charge >= 0.3 is 0 Å². The summed E-state index contributed by atoms with van der Waals surface area (Å²) in [6.45, 7) is 18.2. The number of phenols is 1. The SMILES string of the molecule is CC1C2C(NCC(=O)C(C)(C)CCOC(C)(C)C)c3ccc(O)cc3C1(C)CCN2CC1CC1. The van der Waals surface area contributed by atoms with Gasteiger partial charge in [-0.05, 0) is 93.5 Å². The third kappa shape index (κ3) is 5.22. The van der Waals surface area contributed by atoms with Crippen molar-refractivity contribution in [1.82, 2.24) is 10.2 Å². The molecule has 2 aliphatic carbocycles. The van der Waals surface area contributed by atoms with Crippen molar-refractivity contribution < 1.29 is 14.6 Å². The van der Waals surface area contributed by atoms with Crippen LogP contribution in [0.25, 0.3) is 0 Å². The molecule has 1 aliphatic heterocycles. The number of piperidine rings is 1. The molecule has 1 heterocycles. The molecule has 5 heteroatoms. The Morgan fingerprint density at radius 1 is 1.24 bits per heavy atom. The minimum absolute atomic E-state index is 0.0462. The van der Waals surface area contributed by atoms with Crippen LogP contribution in [-0.2, 0) is 14.9 Å². The first-order valence-electron chi connectivity index (χ1n) is 13.3. The summed E-state index contributed by atoms with van der Waals surface area (Å²) in [4.78, 5) is 16.0. The van der Waals surface area contributed by atoms with Crippen LogP contribution in [0.4, 0.5) is 0 Å². The molecule has 190 valence electrons. The van der Waals surface area contributed by atoms with Gasteiger partial charge in [-0.25, -0.2) is 0 Å². The molecule has 2 bridgehead atoms. The minimum Gasteiger partial charge on any atom is -0.508 e. The lowest BCUT2D eigenvalue weighted by Crippen LogP contribution is -2.62. The summed E-state index contributed by atoms with van der Waals surface area (Å²) in [7, 11) is 0. The number of nitrogens with one attached hydrogen (secondary N) is 1. The third-order valence-electron chi connectivity index (χ3n) is 8.88. The molecule has 4 atom stereocenters. The number of carbonyl (C=O) groups is 1. The Hall–Kier alpha value is -1.43. The Morgan fingerprint density at radius 2 is 1.94 bits per heavy atom. The number of likely N-dealkylation sites (tertiary alicyclic amines) is 1. The van der Waals surface area contributed by atoms with Gasteiger partial charge in [0, 0.05) is 30.7 Å². The molecule has 1 aromatic rings. The van der Waals surface area contributed by atoms with E-state index in [0.29, 0.717) is 37.3 Å². The lowest BCUT2D eigenvalue weighted by molar-refractivity contribution is -0.128. The number of hydrogen-bond acceptors (Lipinski definition) is 5. The number of nitrogens with zero attached hydrogens (tertiary/aromatic N) is 1. The second-order valence-corrected chi connectivity index (χ2v) is 13.0. The maximum Gasteiger partial charge on any atom is 0.152 e. The largest absolute Gasteiger partial charge is 0.508 e. The lowest BCUT2D eigenvalue weighted by Gasteiger charge is -2.57. The Balaban J connectivity index is 1.54. The number of hydrogen-bond donors (Lipinski definition) is 2. The number of benzene rings is 1. The van der Waals surface area contributed by atoms with Crippen LogP contribution < -0.4 is 5.32 Å². The minimum atomic E-state index is -0.439. The summed E-state index contributed by atoms with van der Waals surface area (Å²) in [5, 5.41) is 14.0. The lowest BCUT2D eigenvalue weighted by atomic mass is 9.57. The highest BCUT2D eigenvalue weighted by Gasteiger charge is 2.53. The van der Waals surface area contributed by atoms with Crippen LogP contribution in [0.15, 0.2) is 18.2 Å². The maximum absolute atomic E-state index is 13.3. The Labute approximate surface area is 206 Å². The Kier molecular flexibility index (Phi) is 6.96. The van der Waals surface area contributed by atoms with Crippen LogP contribution in [0.1, 0.15) is 91.3 Å². The molecule has 0 radical (unpaired) electrons. The summed E-state index contributed by atoms with van der Waals surface area (Å²) in [5.74, 6) is 1.84. The number of carbonyl (C=O) groups excluding carboxylic acids is 1. The molecule has 0 aromatic heterocycles. The van der Waals surface area contributed by atoms with E-state index >= 15 is 0 Å². The molecule has 1 saturated carbocycles. The summed E-state index contributed by atoms with van der Waals surface area (Å²) in [5.41, 5.74) is 1.93. The quantitative estimate of drug-likeness (QED) is 0.518. The predicted molar refractivity (Wildman–Crippen MR) is 137 cm³/mol. The summed E-state index contributed by atoms with van der Waals surface area (Å²) < 4.78 is 5.90. The number of phenolic OH excluding ortho intramolecular Hbond substituents is 1. The number of ketones is 1. The molecular formula is C29H46N2O3. The molecule has 4 unspecified atom stereocenters. The van der Waals surface area contributed by atoms with Gasteiger partial charge in [0.05, 0.1) is 12.1 Å². The number of fused-ring (bicyclic) bond motifs is 4. The van der Waals surface area contributed by atoms with Crippen LogP contribution in [0.2, 0.25) is 0 Å². The average molecular weight is 471 g/mol. The second-order valence-electron chi connectivity index (χ2n) is 13.0. The standard InChI is InChI=1S/C29H46N2O3/c1-19-26-25(30-17-24(33)28(5,6)13-15-34-27(2,3)4)22-11-10-21(32)16-23(22)29(19,7)12-14-31(26)18-20-8-9-20/h10-11,16,19-20,25-26,30,32H,8-9,12-15,17-18H2,1-7H3. The molecule has 0 amide bonds. The molecule has 0 spiro atoms. The van der Waals surface area contributed by atoms with E-state index < -0.39 is 5.41 Å². The first-order valence-corrected chi connectivity index (χ1v) is 13.3. The van der Waals surface area contributed by atoms with Gasteiger partial charge < -0.3 is 15.2 Å². The van der Waals surface area contributed by atoms with Gasteiger partial charge in [0.25, 0.3) is 0 Å². The topological polar surface area (TPSA) is 61.8 Å². The molecular weight excluding hydrogens is 424 g/mol. The Bertz CT molecular complexity index is 901. The normalized spacial score (nSPS) is 29.7. The Morgan fingerprint density at radius 3 is 2.59 bits per heavy atom. The maximum atomic E-state index is 13.3. The highest BCUT2D eigenvalue weighted by Crippen LogP contribution is 2.53. The zero-order chi connectivity index (χ0) is 24.9. The van der Waals surface area contributed by atoms with Crippen LogP contribution in [0.3, 0.4) is 0 Å². The molecule has 2 N–H and O–H groups in total. The molecule has 1 aromatic carbocycles. The fraction of sp³-hybridized carbons (Fsp3) is 0.759. The molecule has 1 saturated heterocycles. The van der Waals surface area contributed by atoms with Crippen molar-refractivity contribution in [3.63, 3.8) is 0 Å². The molecule has 34 heavy (non-hydrogen) atoms. The smallest absolute Gasteiger partial charge is 0.152 e. The van der Waals surface area contributed by atoms with Gasteiger partial charge in [-0.1, -0.05) is 33.8 Å². The number of Topliss-reactive ketones (excluding diaryl/α,β-unsaturated/α-hetero) is 1. The van der Waals surface area contributed by atoms with Crippen molar-refractivity contribution in [2.75, 3.05) is 26.2 Å². The number of rotatable bonds is 9. The van der Waals surface area contributed by atoms with Crippen molar-refractivity contribution in [3.05, 3.63) is 29.3 Å². The van der Waals surface area contributed by atoms with Crippen molar-refractivity contribution in [3.8, 4) is 5.75 Å². The van der Waals surface area contributed by atoms with Gasteiger partial charge in [0.2, 0.25) is 0 Å². The molecule has 5 nitrogen and oxygen atoms in total. The van der Waals surface area contributed by atoms with Crippen molar-refractivity contribution >= 4 is 5.78 Å². The second kappa shape index (κ2) is 9.22. The highest BCUT2D eigenvalue weighted by atomic mass is 16.5. The van der Waals surface area contributed by atoms with Crippen molar-refractivity contribution in [2.24, 2.45) is 17.3 Å². The fourth-order valence-corrected chi connectivity index (χ4v) is 6.09. The average Bonchev–Trinajstić information content (AvgIpc) is 3.55.